The Morgan fingerprint density at radius 1 is 1.06 bits per heavy atom. The zero-order valence-corrected chi connectivity index (χ0v) is 20.8. The number of carbonyl (C=O) groups excluding carboxylic acids is 1. The van der Waals surface area contributed by atoms with Gasteiger partial charge in [0, 0.05) is 12.2 Å². The van der Waals surface area contributed by atoms with Crippen LogP contribution in [0.3, 0.4) is 0 Å². The summed E-state index contributed by atoms with van der Waals surface area (Å²) in [5.74, 6) is 3.36. The van der Waals surface area contributed by atoms with Crippen LogP contribution >= 0.6 is 0 Å². The number of methoxy groups -OCH3 is 1. The molecule has 0 bridgehead atoms. The van der Waals surface area contributed by atoms with Crippen LogP contribution in [0.1, 0.15) is 75.0 Å². The smallest absolute Gasteiger partial charge is 0.241 e. The third-order valence-corrected chi connectivity index (χ3v) is 10.2. The maximum absolute atomic E-state index is 14.0. The molecule has 1 amide bonds. The van der Waals surface area contributed by atoms with Crippen molar-refractivity contribution in [2.75, 3.05) is 7.11 Å². The summed E-state index contributed by atoms with van der Waals surface area (Å²) in [6.45, 7) is 4.66. The highest BCUT2D eigenvalue weighted by atomic mass is 16.5. The van der Waals surface area contributed by atoms with Crippen LogP contribution in [0.2, 0.25) is 0 Å². The summed E-state index contributed by atoms with van der Waals surface area (Å²) in [6, 6.07) is 17.4. The number of benzene rings is 2. The van der Waals surface area contributed by atoms with Crippen LogP contribution in [0.25, 0.3) is 0 Å². The second-order valence-corrected chi connectivity index (χ2v) is 11.3. The van der Waals surface area contributed by atoms with Crippen molar-refractivity contribution < 1.29 is 9.53 Å². The Morgan fingerprint density at radius 3 is 2.65 bits per heavy atom. The van der Waals surface area contributed by atoms with E-state index >= 15 is 0 Å². The molecule has 0 N–H and O–H groups in total. The van der Waals surface area contributed by atoms with E-state index in [1.165, 1.54) is 31.2 Å². The Balaban J connectivity index is 1.28. The fourth-order valence-corrected chi connectivity index (χ4v) is 8.37. The Morgan fingerprint density at radius 2 is 1.88 bits per heavy atom. The van der Waals surface area contributed by atoms with Crippen LogP contribution < -0.4 is 4.74 Å². The molecular formula is C31H37NO2. The molecule has 2 saturated carbocycles. The molecule has 3 aliphatic carbocycles. The van der Waals surface area contributed by atoms with Crippen molar-refractivity contribution >= 4 is 5.91 Å². The fourth-order valence-electron chi connectivity index (χ4n) is 8.37. The normalized spacial score (nSPS) is 36.2. The van der Waals surface area contributed by atoms with Crippen molar-refractivity contribution in [1.29, 1.82) is 0 Å². The van der Waals surface area contributed by atoms with Gasteiger partial charge in [-0.2, -0.15) is 0 Å². The summed E-state index contributed by atoms with van der Waals surface area (Å²) in [5, 5.41) is 0. The van der Waals surface area contributed by atoms with Gasteiger partial charge in [-0.3, -0.25) is 4.79 Å². The average molecular weight is 456 g/mol. The van der Waals surface area contributed by atoms with Crippen molar-refractivity contribution in [3.05, 3.63) is 77.5 Å². The lowest BCUT2D eigenvalue weighted by Crippen LogP contribution is -2.51. The largest absolute Gasteiger partial charge is 0.497 e. The van der Waals surface area contributed by atoms with Crippen LogP contribution in [0.15, 0.2) is 60.8 Å². The minimum atomic E-state index is -0.504. The van der Waals surface area contributed by atoms with Crippen LogP contribution in [0.5, 0.6) is 5.75 Å². The zero-order chi connectivity index (χ0) is 23.5. The number of amides is 1. The van der Waals surface area contributed by atoms with E-state index < -0.39 is 5.41 Å². The third-order valence-electron chi connectivity index (χ3n) is 10.2. The maximum Gasteiger partial charge on any atom is 0.241 e. The number of ether oxygens (including phenoxy) is 1. The van der Waals surface area contributed by atoms with Gasteiger partial charge in [-0.15, -0.1) is 0 Å². The number of rotatable bonds is 4. The van der Waals surface area contributed by atoms with Gasteiger partial charge >= 0.3 is 0 Å². The molecule has 0 radical (unpaired) electrons. The van der Waals surface area contributed by atoms with Crippen LogP contribution in [-0.4, -0.2) is 24.0 Å². The van der Waals surface area contributed by atoms with Gasteiger partial charge in [-0.25, -0.2) is 0 Å². The first-order chi connectivity index (χ1) is 16.5. The molecule has 3 nitrogen and oxygen atoms in total. The van der Waals surface area contributed by atoms with Gasteiger partial charge in [0.1, 0.15) is 5.75 Å². The van der Waals surface area contributed by atoms with Crippen molar-refractivity contribution in [3.63, 3.8) is 0 Å². The Hall–Kier alpha value is -2.55. The quantitative estimate of drug-likeness (QED) is 0.518. The minimum Gasteiger partial charge on any atom is -0.497 e. The van der Waals surface area contributed by atoms with Crippen molar-refractivity contribution in [3.8, 4) is 5.75 Å². The second kappa shape index (κ2) is 8.00. The molecule has 6 unspecified atom stereocenters. The van der Waals surface area contributed by atoms with Gasteiger partial charge in [0.2, 0.25) is 5.91 Å². The van der Waals surface area contributed by atoms with Gasteiger partial charge in [0.05, 0.1) is 12.5 Å². The van der Waals surface area contributed by atoms with Gasteiger partial charge in [-0.05, 0) is 103 Å². The topological polar surface area (TPSA) is 29.5 Å². The van der Waals surface area contributed by atoms with E-state index in [1.807, 2.05) is 6.07 Å². The van der Waals surface area contributed by atoms with Crippen LogP contribution in [0, 0.1) is 17.3 Å². The SMILES string of the molecule is CCC1(c2ccccc2)C=CN(C2CCC3C4CCc5cc(OC)ccc5C4CCC32C)C1=O. The lowest BCUT2D eigenvalue weighted by Gasteiger charge is -2.52. The van der Waals surface area contributed by atoms with Crippen molar-refractivity contribution in [2.45, 2.75) is 76.2 Å². The van der Waals surface area contributed by atoms with E-state index in [1.54, 1.807) is 12.7 Å². The first kappa shape index (κ1) is 21.9. The van der Waals surface area contributed by atoms with Gasteiger partial charge in [0.25, 0.3) is 0 Å². The number of hydrogen-bond donors (Lipinski definition) is 0. The molecule has 1 heterocycles. The highest BCUT2D eigenvalue weighted by Crippen LogP contribution is 2.62. The van der Waals surface area contributed by atoms with Gasteiger partial charge in [0.15, 0.2) is 0 Å². The molecule has 2 fully saturated rings. The van der Waals surface area contributed by atoms with Crippen LogP contribution in [0.4, 0.5) is 0 Å². The fraction of sp³-hybridized carbons (Fsp3) is 0.516. The number of fused-ring (bicyclic) bond motifs is 5. The van der Waals surface area contributed by atoms with E-state index in [2.05, 4.69) is 73.5 Å². The summed E-state index contributed by atoms with van der Waals surface area (Å²) >= 11 is 0. The monoisotopic (exact) mass is 455 g/mol. The highest BCUT2D eigenvalue weighted by Gasteiger charge is 2.58. The minimum absolute atomic E-state index is 0.200. The summed E-state index contributed by atoms with van der Waals surface area (Å²) in [6.07, 6.45) is 12.4. The van der Waals surface area contributed by atoms with Crippen LogP contribution in [-0.2, 0) is 16.6 Å². The van der Waals surface area contributed by atoms with Gasteiger partial charge in [-0.1, -0.05) is 50.2 Å². The highest BCUT2D eigenvalue weighted by molar-refractivity contribution is 5.94. The Bertz CT molecular complexity index is 1120. The lowest BCUT2D eigenvalue weighted by molar-refractivity contribution is -0.136. The molecular weight excluding hydrogens is 418 g/mol. The number of nitrogens with zero attached hydrogens (tertiary/aromatic N) is 1. The molecule has 6 atom stereocenters. The summed E-state index contributed by atoms with van der Waals surface area (Å²) < 4.78 is 5.50. The van der Waals surface area contributed by atoms with E-state index in [4.69, 9.17) is 4.74 Å². The molecule has 6 rings (SSSR count). The first-order valence-corrected chi connectivity index (χ1v) is 13.3. The average Bonchev–Trinajstić information content (AvgIpc) is 3.40. The van der Waals surface area contributed by atoms with E-state index in [0.29, 0.717) is 17.9 Å². The molecule has 0 aromatic heterocycles. The molecule has 0 spiro atoms. The standard InChI is InChI=1S/C31H37NO2/c1-4-31(22-8-6-5-7-9-22)18-19-32(29(31)33)28-15-14-27-26-12-10-21-20-23(34-3)11-13-24(21)25(26)16-17-30(27,28)2/h5-9,11,13,18-20,25-28H,4,10,12,14-17H2,1-3H3. The number of hydrogen-bond acceptors (Lipinski definition) is 2. The molecule has 1 aliphatic heterocycles. The van der Waals surface area contributed by atoms with E-state index in [9.17, 15) is 4.79 Å². The lowest BCUT2D eigenvalue weighted by atomic mass is 9.55. The molecule has 0 saturated heterocycles. The van der Waals surface area contributed by atoms with E-state index in [-0.39, 0.29) is 11.3 Å². The molecule has 4 aliphatic rings. The molecule has 3 heteroatoms. The predicted octanol–water partition coefficient (Wildman–Crippen LogP) is 6.62. The third kappa shape index (κ3) is 2.98. The predicted molar refractivity (Wildman–Crippen MR) is 136 cm³/mol. The Labute approximate surface area is 204 Å². The van der Waals surface area contributed by atoms with E-state index in [0.717, 1.165) is 36.5 Å². The van der Waals surface area contributed by atoms with Crippen molar-refractivity contribution in [1.82, 2.24) is 4.90 Å². The number of carbonyl (C=O) groups is 1. The molecule has 2 aromatic carbocycles. The first-order valence-electron chi connectivity index (χ1n) is 13.3. The van der Waals surface area contributed by atoms with Gasteiger partial charge < -0.3 is 9.64 Å². The summed E-state index contributed by atoms with van der Waals surface area (Å²) in [7, 11) is 1.76. The molecule has 178 valence electrons. The molecule has 2 aromatic rings. The number of aryl methyl sites for hydroxylation is 1. The van der Waals surface area contributed by atoms with Crippen molar-refractivity contribution in [2.24, 2.45) is 17.3 Å². The zero-order valence-electron chi connectivity index (χ0n) is 20.8. The Kier molecular flexibility index (Phi) is 5.17. The summed E-state index contributed by atoms with van der Waals surface area (Å²) in [5.41, 5.74) is 3.88. The maximum atomic E-state index is 14.0. The molecule has 34 heavy (non-hydrogen) atoms. The summed E-state index contributed by atoms with van der Waals surface area (Å²) in [4.78, 5) is 16.2. The second-order valence-electron chi connectivity index (χ2n) is 11.3.